The van der Waals surface area contributed by atoms with Crippen molar-refractivity contribution in [1.82, 2.24) is 20.4 Å². The predicted octanol–water partition coefficient (Wildman–Crippen LogP) is 9.56. The van der Waals surface area contributed by atoms with Crippen LogP contribution in [0.15, 0.2) is 24.3 Å². The highest BCUT2D eigenvalue weighted by Crippen LogP contribution is 2.22. The molecule has 0 aromatic rings. The van der Waals surface area contributed by atoms with Gasteiger partial charge in [0.05, 0.1) is 12.2 Å². The van der Waals surface area contributed by atoms with E-state index in [0.29, 0.717) is 38.8 Å². The van der Waals surface area contributed by atoms with Gasteiger partial charge in [0.2, 0.25) is 11.8 Å². The molecule has 2 amide bonds. The van der Waals surface area contributed by atoms with Crippen molar-refractivity contribution in [3.05, 3.63) is 24.3 Å². The van der Waals surface area contributed by atoms with Crippen molar-refractivity contribution >= 4 is 11.8 Å². The number of nitrogens with one attached hydrogen (secondary N) is 2. The zero-order chi connectivity index (χ0) is 45.1. The second-order valence-electron chi connectivity index (χ2n) is 18.8. The van der Waals surface area contributed by atoms with E-state index in [1.54, 1.807) is 0 Å². The average molecular weight is 875 g/mol. The molecule has 0 aliphatic carbocycles. The molecule has 1 aliphatic heterocycles. The van der Waals surface area contributed by atoms with Gasteiger partial charge < -0.3 is 42.1 Å². The summed E-state index contributed by atoms with van der Waals surface area (Å²) in [4.78, 5) is 30.7. The highest BCUT2D eigenvalue weighted by molar-refractivity contribution is 5.76. The van der Waals surface area contributed by atoms with E-state index in [9.17, 15) is 19.8 Å². The summed E-state index contributed by atoms with van der Waals surface area (Å²) in [5.74, 6) is 0.514. The van der Waals surface area contributed by atoms with Crippen LogP contribution in [0.25, 0.3) is 0 Å². The van der Waals surface area contributed by atoms with E-state index in [0.717, 1.165) is 103 Å². The van der Waals surface area contributed by atoms with Crippen molar-refractivity contribution in [2.45, 2.75) is 219 Å². The summed E-state index contributed by atoms with van der Waals surface area (Å²) in [5.41, 5.74) is 11.4. The summed E-state index contributed by atoms with van der Waals surface area (Å²) >= 11 is 0. The lowest BCUT2D eigenvalue weighted by Gasteiger charge is -2.34. The third kappa shape index (κ3) is 36.5. The summed E-state index contributed by atoms with van der Waals surface area (Å²) in [6.45, 7) is 12.4. The summed E-state index contributed by atoms with van der Waals surface area (Å²) in [6, 6.07) is 0. The summed E-state index contributed by atoms with van der Waals surface area (Å²) in [5, 5.41) is 26.8. The number of aliphatic hydroxyl groups is 2. The van der Waals surface area contributed by atoms with Crippen LogP contribution in [0.5, 0.6) is 0 Å². The third-order valence-corrected chi connectivity index (χ3v) is 12.9. The number of hydrogen-bond acceptors (Lipinski definition) is 8. The molecule has 364 valence electrons. The number of amides is 2. The fourth-order valence-electron chi connectivity index (χ4n) is 8.84. The van der Waals surface area contributed by atoms with Gasteiger partial charge in [-0.3, -0.25) is 9.59 Å². The SMILES string of the molecule is CCCCCCCCC=CCCCCCC(CC(=O)NCCCN1CCN(CCCNC(=O)CC(CCCCCC=CCCCCCCCC)CC(O)CN)CC1)CC(O)CN. The minimum atomic E-state index is -0.544. The van der Waals surface area contributed by atoms with Crippen molar-refractivity contribution < 1.29 is 19.8 Å². The zero-order valence-electron chi connectivity index (χ0n) is 40.7. The first-order chi connectivity index (χ1) is 30.3. The highest BCUT2D eigenvalue weighted by atomic mass is 16.3. The second-order valence-corrected chi connectivity index (χ2v) is 18.8. The molecule has 10 heteroatoms. The number of carbonyl (C=O) groups excluding carboxylic acids is 2. The van der Waals surface area contributed by atoms with Crippen LogP contribution in [0.1, 0.15) is 206 Å². The number of nitrogens with two attached hydrogens (primary N) is 2. The van der Waals surface area contributed by atoms with Crippen LogP contribution in [-0.2, 0) is 9.59 Å². The van der Waals surface area contributed by atoms with Crippen LogP contribution < -0.4 is 22.1 Å². The lowest BCUT2D eigenvalue weighted by molar-refractivity contribution is -0.123. The number of allylic oxidation sites excluding steroid dienone is 4. The molecule has 4 atom stereocenters. The van der Waals surface area contributed by atoms with E-state index in [1.807, 2.05) is 0 Å². The van der Waals surface area contributed by atoms with Gasteiger partial charge in [0, 0.05) is 65.2 Å². The molecule has 0 saturated carbocycles. The standard InChI is InChI=1S/C52H102N6O4/c1-3-5-7-9-11-13-15-17-19-21-23-25-27-31-47(41-49(59)45-53)43-51(61)55-33-29-35-57-37-39-58(40-38-57)36-30-34-56-52(62)44-48(42-50(60)46-54)32-28-26-24-22-20-18-16-14-12-10-8-6-4-2/h17-20,47-50,59-60H,3-16,21-46,53-54H2,1-2H3,(H,55,61)(H,56,62). The zero-order valence-corrected chi connectivity index (χ0v) is 40.7. The summed E-state index contributed by atoms with van der Waals surface area (Å²) < 4.78 is 0. The lowest BCUT2D eigenvalue weighted by atomic mass is 9.91. The van der Waals surface area contributed by atoms with E-state index in [1.165, 1.54) is 103 Å². The molecular formula is C52H102N6O4. The van der Waals surface area contributed by atoms with Gasteiger partial charge in [-0.25, -0.2) is 0 Å². The fourth-order valence-corrected chi connectivity index (χ4v) is 8.84. The minimum absolute atomic E-state index is 0.0881. The van der Waals surface area contributed by atoms with Gasteiger partial charge in [0.1, 0.15) is 0 Å². The van der Waals surface area contributed by atoms with Crippen LogP contribution in [0.3, 0.4) is 0 Å². The van der Waals surface area contributed by atoms with Gasteiger partial charge in [0.15, 0.2) is 0 Å². The third-order valence-electron chi connectivity index (χ3n) is 12.9. The number of nitrogens with zero attached hydrogens (tertiary/aromatic N) is 2. The number of aliphatic hydroxyl groups excluding tert-OH is 2. The first kappa shape index (κ1) is 58.2. The van der Waals surface area contributed by atoms with Crippen LogP contribution in [-0.4, -0.2) is 109 Å². The Morgan fingerprint density at radius 3 is 1.16 bits per heavy atom. The molecule has 10 nitrogen and oxygen atoms in total. The Hall–Kier alpha value is -1.82. The van der Waals surface area contributed by atoms with Gasteiger partial charge in [-0.2, -0.15) is 0 Å². The van der Waals surface area contributed by atoms with Gasteiger partial charge in [-0.1, -0.05) is 128 Å². The number of piperazine rings is 1. The Balaban J connectivity index is 2.18. The maximum atomic E-state index is 12.9. The molecule has 8 N–H and O–H groups in total. The molecule has 1 aliphatic rings. The maximum Gasteiger partial charge on any atom is 0.220 e. The van der Waals surface area contributed by atoms with Crippen LogP contribution in [0, 0.1) is 11.8 Å². The fraction of sp³-hybridized carbons (Fsp3) is 0.885. The Morgan fingerprint density at radius 1 is 0.500 bits per heavy atom. The summed E-state index contributed by atoms with van der Waals surface area (Å²) in [7, 11) is 0. The number of unbranched alkanes of at least 4 members (excludes halogenated alkanes) is 18. The first-order valence-electron chi connectivity index (χ1n) is 26.3. The second kappa shape index (κ2) is 43.1. The van der Waals surface area contributed by atoms with E-state index >= 15 is 0 Å². The van der Waals surface area contributed by atoms with Gasteiger partial charge in [0.25, 0.3) is 0 Å². The number of hydrogen-bond donors (Lipinski definition) is 6. The molecule has 1 saturated heterocycles. The van der Waals surface area contributed by atoms with Crippen molar-refractivity contribution in [2.24, 2.45) is 23.3 Å². The Morgan fingerprint density at radius 2 is 0.823 bits per heavy atom. The van der Waals surface area contributed by atoms with Gasteiger partial charge in [-0.05, 0) is 115 Å². The molecule has 62 heavy (non-hydrogen) atoms. The minimum Gasteiger partial charge on any atom is -0.392 e. The molecule has 4 unspecified atom stereocenters. The Labute approximate surface area is 382 Å². The van der Waals surface area contributed by atoms with Crippen LogP contribution in [0.2, 0.25) is 0 Å². The maximum absolute atomic E-state index is 12.9. The van der Waals surface area contributed by atoms with Crippen LogP contribution >= 0.6 is 0 Å². The first-order valence-corrected chi connectivity index (χ1v) is 26.3. The van der Waals surface area contributed by atoms with E-state index < -0.39 is 12.2 Å². The summed E-state index contributed by atoms with van der Waals surface area (Å²) in [6.07, 6.45) is 41.8. The molecule has 0 aromatic heterocycles. The lowest BCUT2D eigenvalue weighted by Crippen LogP contribution is -2.47. The molecule has 0 bridgehead atoms. The van der Waals surface area contributed by atoms with E-state index in [2.05, 4.69) is 58.6 Å². The van der Waals surface area contributed by atoms with Gasteiger partial charge in [-0.15, -0.1) is 0 Å². The monoisotopic (exact) mass is 875 g/mol. The van der Waals surface area contributed by atoms with Crippen molar-refractivity contribution in [1.29, 1.82) is 0 Å². The van der Waals surface area contributed by atoms with E-state index in [-0.39, 0.29) is 36.7 Å². The topological polar surface area (TPSA) is 157 Å². The molecule has 1 rings (SSSR count). The predicted molar refractivity (Wildman–Crippen MR) is 264 cm³/mol. The smallest absolute Gasteiger partial charge is 0.220 e. The van der Waals surface area contributed by atoms with Crippen molar-refractivity contribution in [3.8, 4) is 0 Å². The molecule has 1 heterocycles. The quantitative estimate of drug-likeness (QED) is 0.0261. The normalized spacial score (nSPS) is 16.0. The average Bonchev–Trinajstić information content (AvgIpc) is 3.27. The van der Waals surface area contributed by atoms with Crippen molar-refractivity contribution in [3.63, 3.8) is 0 Å². The van der Waals surface area contributed by atoms with Crippen LogP contribution in [0.4, 0.5) is 0 Å². The Bertz CT molecular complexity index is 986. The van der Waals surface area contributed by atoms with E-state index in [4.69, 9.17) is 11.5 Å². The van der Waals surface area contributed by atoms with Gasteiger partial charge >= 0.3 is 0 Å². The molecule has 0 spiro atoms. The Kier molecular flexibility index (Phi) is 40.4. The number of rotatable bonds is 44. The highest BCUT2D eigenvalue weighted by Gasteiger charge is 2.20. The van der Waals surface area contributed by atoms with Crippen molar-refractivity contribution in [2.75, 3.05) is 65.4 Å². The molecule has 1 fully saturated rings. The number of carbonyl (C=O) groups is 2. The molecule has 0 radical (unpaired) electrons. The molecule has 0 aromatic carbocycles. The largest absolute Gasteiger partial charge is 0.392 e. The molecular weight excluding hydrogens is 773 g/mol.